The van der Waals surface area contributed by atoms with Crippen LogP contribution in [0.4, 0.5) is 5.13 Å². The molecule has 1 atom stereocenters. The zero-order chi connectivity index (χ0) is 21.3. The van der Waals surface area contributed by atoms with E-state index in [1.165, 1.54) is 86.5 Å². The van der Waals surface area contributed by atoms with Gasteiger partial charge in [0, 0.05) is 11.8 Å². The average molecular weight is 449 g/mol. The van der Waals surface area contributed by atoms with Gasteiger partial charge in [-0.15, -0.1) is 0 Å². The molecule has 30 heavy (non-hydrogen) atoms. The van der Waals surface area contributed by atoms with Gasteiger partial charge in [0.15, 0.2) is 5.13 Å². The van der Waals surface area contributed by atoms with Gasteiger partial charge < -0.3 is 10.4 Å². The zero-order valence-electron chi connectivity index (χ0n) is 17.9. The molecule has 1 amide bonds. The lowest BCUT2D eigenvalue weighted by atomic mass is 9.72. The number of nitrogens with one attached hydrogen (secondary N) is 1. The molecular formula is C23H32N2O3S2. The molecule has 2 N–H and O–H groups in total. The van der Waals surface area contributed by atoms with E-state index in [1.54, 1.807) is 18.7 Å². The van der Waals surface area contributed by atoms with E-state index in [9.17, 15) is 9.59 Å². The Morgan fingerprint density at radius 1 is 1.27 bits per heavy atom. The fraction of sp³-hybridized carbons (Fsp3) is 0.696. The third-order valence-corrected chi connectivity index (χ3v) is 9.34. The summed E-state index contributed by atoms with van der Waals surface area (Å²) < 4.78 is 0.812. The summed E-state index contributed by atoms with van der Waals surface area (Å²) in [4.78, 5) is 28.2. The Bertz CT molecular complexity index is 833. The number of carbonyl (C=O) groups is 2. The first-order chi connectivity index (χ1) is 14.4. The van der Waals surface area contributed by atoms with E-state index in [1.807, 2.05) is 0 Å². The molecule has 164 valence electrons. The number of amides is 1. The number of thiazole rings is 1. The molecule has 1 unspecified atom stereocenters. The Morgan fingerprint density at radius 2 is 1.97 bits per heavy atom. The molecule has 0 aliphatic heterocycles. The van der Waals surface area contributed by atoms with Crippen LogP contribution in [0.5, 0.6) is 0 Å². The number of allylic oxidation sites excluding steroid dienone is 1. The van der Waals surface area contributed by atoms with Crippen LogP contribution in [0.3, 0.4) is 0 Å². The highest BCUT2D eigenvalue weighted by Gasteiger charge is 2.55. The van der Waals surface area contributed by atoms with Gasteiger partial charge in [-0.1, -0.05) is 60.4 Å². The molecule has 3 aliphatic carbocycles. The van der Waals surface area contributed by atoms with Gasteiger partial charge in [-0.25, -0.2) is 4.98 Å². The maximum absolute atomic E-state index is 12.8. The van der Waals surface area contributed by atoms with Crippen LogP contribution >= 0.6 is 23.1 Å². The van der Waals surface area contributed by atoms with Crippen LogP contribution in [0.1, 0.15) is 78.1 Å². The van der Waals surface area contributed by atoms with E-state index in [0.29, 0.717) is 17.5 Å². The van der Waals surface area contributed by atoms with E-state index >= 15 is 0 Å². The third-order valence-electron chi connectivity index (χ3n) is 7.21. The van der Waals surface area contributed by atoms with Crippen LogP contribution < -0.4 is 5.32 Å². The second-order valence-corrected chi connectivity index (χ2v) is 12.0. The minimum Gasteiger partial charge on any atom is -0.480 e. The first-order valence-corrected chi connectivity index (χ1v) is 13.0. The van der Waals surface area contributed by atoms with Gasteiger partial charge in [-0.2, -0.15) is 0 Å². The average Bonchev–Trinajstić information content (AvgIpc) is 3.07. The highest BCUT2D eigenvalue weighted by Crippen LogP contribution is 2.67. The quantitative estimate of drug-likeness (QED) is 0.388. The molecule has 0 radical (unpaired) electrons. The van der Waals surface area contributed by atoms with Crippen molar-refractivity contribution in [2.45, 2.75) is 87.5 Å². The Morgan fingerprint density at radius 3 is 2.63 bits per heavy atom. The molecule has 2 saturated carbocycles. The van der Waals surface area contributed by atoms with Gasteiger partial charge in [0.25, 0.3) is 0 Å². The molecule has 7 heteroatoms. The van der Waals surface area contributed by atoms with Crippen molar-refractivity contribution in [1.29, 1.82) is 0 Å². The van der Waals surface area contributed by atoms with Gasteiger partial charge in [0.1, 0.15) is 5.25 Å². The number of hydrogen-bond acceptors (Lipinski definition) is 5. The van der Waals surface area contributed by atoms with Crippen molar-refractivity contribution < 1.29 is 14.7 Å². The lowest BCUT2D eigenvalue weighted by Gasteiger charge is -2.32. The van der Waals surface area contributed by atoms with Crippen LogP contribution in [0.2, 0.25) is 0 Å². The Hall–Kier alpha value is -1.34. The van der Waals surface area contributed by atoms with E-state index in [4.69, 9.17) is 5.11 Å². The predicted octanol–water partition coefficient (Wildman–Crippen LogP) is 6.12. The highest BCUT2D eigenvalue weighted by molar-refractivity contribution is 8.02. The molecule has 5 nitrogen and oxygen atoms in total. The molecule has 2 fully saturated rings. The molecule has 1 spiro atoms. The van der Waals surface area contributed by atoms with Crippen LogP contribution in [-0.2, 0) is 9.59 Å². The number of nitrogens with zero attached hydrogens (tertiary/aromatic N) is 1. The Balaban J connectivity index is 1.40. The number of rotatable bonds is 7. The summed E-state index contributed by atoms with van der Waals surface area (Å²) in [6.07, 6.45) is 13.8. The standard InChI is InChI=1S/C23H32N2O3S2/c1-14-8-10-23(11-9-14)17(20(23)16-6-4-3-5-7-16)12-18(26)25-22-24-13-19(30-22)29-15(2)21(27)28/h13-16H,3-12H2,1-2H3,(H,27,28)(H,24,25,26). The van der Waals surface area contributed by atoms with Crippen molar-refractivity contribution in [3.8, 4) is 0 Å². The molecule has 0 saturated heterocycles. The number of carboxylic acid groups (broad SMARTS) is 1. The van der Waals surface area contributed by atoms with Crippen LogP contribution in [0, 0.1) is 17.3 Å². The van der Waals surface area contributed by atoms with Crippen LogP contribution in [0.15, 0.2) is 21.6 Å². The summed E-state index contributed by atoms with van der Waals surface area (Å²) in [5.74, 6) is 0.682. The molecule has 3 aliphatic rings. The number of aliphatic carboxylic acids is 1. The van der Waals surface area contributed by atoms with E-state index in [2.05, 4.69) is 17.2 Å². The lowest BCUT2D eigenvalue weighted by molar-refractivity contribution is -0.136. The topological polar surface area (TPSA) is 79.3 Å². The number of carbonyl (C=O) groups excluding carboxylic acids is 1. The molecule has 0 bridgehead atoms. The van der Waals surface area contributed by atoms with Crippen molar-refractivity contribution in [3.05, 3.63) is 17.3 Å². The summed E-state index contributed by atoms with van der Waals surface area (Å²) >= 11 is 2.61. The summed E-state index contributed by atoms with van der Waals surface area (Å²) in [5.41, 5.74) is 3.34. The molecule has 0 aromatic carbocycles. The second kappa shape index (κ2) is 9.03. The zero-order valence-corrected chi connectivity index (χ0v) is 19.5. The smallest absolute Gasteiger partial charge is 0.316 e. The molecule has 1 heterocycles. The molecule has 4 rings (SSSR count). The summed E-state index contributed by atoms with van der Waals surface area (Å²) in [6, 6.07) is 0. The van der Waals surface area contributed by atoms with Gasteiger partial charge in [0.2, 0.25) is 5.91 Å². The Kier molecular flexibility index (Phi) is 6.58. The molecule has 1 aromatic heterocycles. The van der Waals surface area contributed by atoms with Crippen molar-refractivity contribution in [3.63, 3.8) is 0 Å². The highest BCUT2D eigenvalue weighted by atomic mass is 32.2. The lowest BCUT2D eigenvalue weighted by Crippen LogP contribution is -2.21. The Labute approximate surface area is 187 Å². The number of hydrogen-bond donors (Lipinski definition) is 2. The van der Waals surface area contributed by atoms with Crippen molar-refractivity contribution in [2.75, 3.05) is 5.32 Å². The van der Waals surface area contributed by atoms with Gasteiger partial charge in [0.05, 0.1) is 10.4 Å². The summed E-state index contributed by atoms with van der Waals surface area (Å²) in [7, 11) is 0. The molecule has 1 aromatic rings. The number of carboxylic acids is 1. The maximum atomic E-state index is 12.8. The number of aromatic nitrogens is 1. The second-order valence-electron chi connectivity index (χ2n) is 9.30. The van der Waals surface area contributed by atoms with Crippen molar-refractivity contribution in [2.24, 2.45) is 17.3 Å². The molecular weight excluding hydrogens is 416 g/mol. The van der Waals surface area contributed by atoms with Gasteiger partial charge in [-0.05, 0) is 57.3 Å². The van der Waals surface area contributed by atoms with Gasteiger partial charge >= 0.3 is 5.97 Å². The fourth-order valence-electron chi connectivity index (χ4n) is 5.49. The largest absolute Gasteiger partial charge is 0.480 e. The first kappa shape index (κ1) is 21.9. The SMILES string of the molecule is CC1CCC2(CC1)C(CC(=O)Nc1ncc(SC(C)C(=O)O)s1)=C2C1CCCCC1. The first-order valence-electron chi connectivity index (χ1n) is 11.3. The van der Waals surface area contributed by atoms with E-state index in [-0.39, 0.29) is 11.3 Å². The van der Waals surface area contributed by atoms with Crippen molar-refractivity contribution >= 4 is 40.1 Å². The van der Waals surface area contributed by atoms with Crippen molar-refractivity contribution in [1.82, 2.24) is 4.98 Å². The van der Waals surface area contributed by atoms with E-state index in [0.717, 1.165) is 10.1 Å². The third kappa shape index (κ3) is 4.62. The van der Waals surface area contributed by atoms with Gasteiger partial charge in [-0.3, -0.25) is 9.59 Å². The van der Waals surface area contributed by atoms with Crippen LogP contribution in [-0.4, -0.2) is 27.2 Å². The minimum absolute atomic E-state index is 0.0194. The summed E-state index contributed by atoms with van der Waals surface area (Å²) in [5, 5.41) is 12.1. The minimum atomic E-state index is -0.845. The number of thioether (sulfide) groups is 1. The summed E-state index contributed by atoms with van der Waals surface area (Å²) in [6.45, 7) is 4.01. The fourth-order valence-corrected chi connectivity index (χ4v) is 7.48. The van der Waals surface area contributed by atoms with E-state index < -0.39 is 11.2 Å². The maximum Gasteiger partial charge on any atom is 0.316 e. The number of anilines is 1. The van der Waals surface area contributed by atoms with Crippen LogP contribution in [0.25, 0.3) is 0 Å². The monoisotopic (exact) mass is 448 g/mol. The normalized spacial score (nSPS) is 27.9. The predicted molar refractivity (Wildman–Crippen MR) is 122 cm³/mol.